The van der Waals surface area contributed by atoms with Crippen LogP contribution in [0.2, 0.25) is 0 Å². The molecule has 0 bridgehead atoms. The van der Waals surface area contributed by atoms with Gasteiger partial charge in [0, 0.05) is 6.04 Å². The fourth-order valence-electron chi connectivity index (χ4n) is 2.41. The molecule has 2 rings (SSSR count). The summed E-state index contributed by atoms with van der Waals surface area (Å²) in [7, 11) is -3.71. The summed E-state index contributed by atoms with van der Waals surface area (Å²) in [5, 5.41) is 8.58. The Kier molecular flexibility index (Phi) is 5.34. The quantitative estimate of drug-likeness (QED) is 0.836. The smallest absolute Gasteiger partial charge is 0.240 e. The van der Waals surface area contributed by atoms with Crippen molar-refractivity contribution in [3.63, 3.8) is 0 Å². The highest BCUT2D eigenvalue weighted by Gasteiger charge is 2.22. The van der Waals surface area contributed by atoms with E-state index in [0.29, 0.717) is 0 Å². The molecule has 0 radical (unpaired) electrons. The Labute approximate surface area is 124 Å². The number of hydrogen-bond donors (Lipinski definition) is 2. The SMILES string of the molecule is O=S(=O)(NC1CCCCC1)c1ccc(C#CCO)c(F)c1. The lowest BCUT2D eigenvalue weighted by molar-refractivity contribution is 0.350. The number of aliphatic hydroxyl groups is 1. The van der Waals surface area contributed by atoms with Gasteiger partial charge in [-0.1, -0.05) is 31.1 Å². The normalized spacial score (nSPS) is 16.3. The maximum Gasteiger partial charge on any atom is 0.240 e. The fraction of sp³-hybridized carbons (Fsp3) is 0.467. The second-order valence-corrected chi connectivity index (χ2v) is 6.77. The first kappa shape index (κ1) is 16.0. The Hall–Kier alpha value is -1.42. The molecule has 1 fully saturated rings. The minimum atomic E-state index is -3.71. The zero-order valence-electron chi connectivity index (χ0n) is 11.6. The lowest BCUT2D eigenvalue weighted by Crippen LogP contribution is -2.36. The minimum Gasteiger partial charge on any atom is -0.384 e. The summed E-state index contributed by atoms with van der Waals surface area (Å²) >= 11 is 0. The van der Waals surface area contributed by atoms with Crippen LogP contribution in [0.4, 0.5) is 4.39 Å². The van der Waals surface area contributed by atoms with Crippen molar-refractivity contribution in [2.75, 3.05) is 6.61 Å². The van der Waals surface area contributed by atoms with Gasteiger partial charge in [0.25, 0.3) is 0 Å². The van der Waals surface area contributed by atoms with Crippen LogP contribution in [-0.4, -0.2) is 26.2 Å². The van der Waals surface area contributed by atoms with E-state index in [9.17, 15) is 12.8 Å². The van der Waals surface area contributed by atoms with E-state index >= 15 is 0 Å². The summed E-state index contributed by atoms with van der Waals surface area (Å²) in [5.74, 6) is 4.06. The number of rotatable bonds is 3. The molecule has 0 atom stereocenters. The van der Waals surface area contributed by atoms with Gasteiger partial charge in [-0.25, -0.2) is 17.5 Å². The second-order valence-electron chi connectivity index (χ2n) is 5.06. The molecule has 0 heterocycles. The molecule has 0 saturated heterocycles. The van der Waals surface area contributed by atoms with Gasteiger partial charge in [0.1, 0.15) is 12.4 Å². The van der Waals surface area contributed by atoms with Gasteiger partial charge in [0.05, 0.1) is 10.5 Å². The highest BCUT2D eigenvalue weighted by Crippen LogP contribution is 2.20. The van der Waals surface area contributed by atoms with E-state index in [2.05, 4.69) is 16.6 Å². The van der Waals surface area contributed by atoms with Crippen molar-refractivity contribution in [1.29, 1.82) is 0 Å². The van der Waals surface area contributed by atoms with Crippen molar-refractivity contribution in [2.24, 2.45) is 0 Å². The summed E-state index contributed by atoms with van der Waals surface area (Å²) in [6.45, 7) is -0.372. The summed E-state index contributed by atoms with van der Waals surface area (Å²) in [5.41, 5.74) is 0.0701. The van der Waals surface area contributed by atoms with E-state index in [0.717, 1.165) is 38.2 Å². The number of nitrogens with one attached hydrogen (secondary N) is 1. The van der Waals surface area contributed by atoms with Gasteiger partial charge in [-0.05, 0) is 31.0 Å². The second kappa shape index (κ2) is 7.03. The van der Waals surface area contributed by atoms with E-state index in [1.54, 1.807) is 0 Å². The van der Waals surface area contributed by atoms with Crippen molar-refractivity contribution in [1.82, 2.24) is 4.72 Å². The summed E-state index contributed by atoms with van der Waals surface area (Å²) in [4.78, 5) is -0.0971. The standard InChI is InChI=1S/C15H18FNO3S/c16-15-11-14(9-8-12(15)5-4-10-18)21(19,20)17-13-6-2-1-3-7-13/h8-9,11,13,17-18H,1-3,6-7,10H2. The van der Waals surface area contributed by atoms with Crippen molar-refractivity contribution < 1.29 is 17.9 Å². The van der Waals surface area contributed by atoms with Gasteiger partial charge < -0.3 is 5.11 Å². The van der Waals surface area contributed by atoms with Crippen LogP contribution in [0, 0.1) is 17.7 Å². The molecule has 21 heavy (non-hydrogen) atoms. The molecular weight excluding hydrogens is 293 g/mol. The third-order valence-electron chi connectivity index (χ3n) is 3.48. The van der Waals surface area contributed by atoms with Crippen molar-refractivity contribution in [3.8, 4) is 11.8 Å². The van der Waals surface area contributed by atoms with Gasteiger partial charge in [-0.15, -0.1) is 0 Å². The van der Waals surface area contributed by atoms with Gasteiger partial charge >= 0.3 is 0 Å². The Balaban J connectivity index is 2.18. The summed E-state index contributed by atoms with van der Waals surface area (Å²) < 4.78 is 40.9. The van der Waals surface area contributed by atoms with Crippen LogP contribution in [0.1, 0.15) is 37.7 Å². The van der Waals surface area contributed by atoms with Gasteiger partial charge in [0.15, 0.2) is 0 Å². The van der Waals surface area contributed by atoms with Crippen LogP contribution in [-0.2, 0) is 10.0 Å². The molecule has 0 unspecified atom stereocenters. The molecule has 6 heteroatoms. The average molecular weight is 311 g/mol. The molecule has 0 spiro atoms. The maximum absolute atomic E-state index is 13.8. The highest BCUT2D eigenvalue weighted by atomic mass is 32.2. The van der Waals surface area contributed by atoms with E-state index in [1.165, 1.54) is 12.1 Å². The van der Waals surface area contributed by atoms with Crippen molar-refractivity contribution in [2.45, 2.75) is 43.0 Å². The van der Waals surface area contributed by atoms with E-state index in [-0.39, 0.29) is 23.1 Å². The predicted molar refractivity (Wildman–Crippen MR) is 77.6 cm³/mol. The molecule has 114 valence electrons. The molecule has 0 aliphatic heterocycles. The third-order valence-corrected chi connectivity index (χ3v) is 5.00. The molecule has 2 N–H and O–H groups in total. The molecule has 0 aromatic heterocycles. The van der Waals surface area contributed by atoms with Crippen LogP contribution in [0.5, 0.6) is 0 Å². The Morgan fingerprint density at radius 3 is 2.62 bits per heavy atom. The summed E-state index contributed by atoms with van der Waals surface area (Å²) in [6.07, 6.45) is 4.79. The van der Waals surface area contributed by atoms with Gasteiger partial charge in [-0.2, -0.15) is 0 Å². The van der Waals surface area contributed by atoms with Crippen molar-refractivity contribution >= 4 is 10.0 Å². The third kappa shape index (κ3) is 4.27. The van der Waals surface area contributed by atoms with Gasteiger partial charge in [-0.3, -0.25) is 0 Å². The van der Waals surface area contributed by atoms with Crippen molar-refractivity contribution in [3.05, 3.63) is 29.6 Å². The zero-order valence-corrected chi connectivity index (χ0v) is 12.4. The predicted octanol–water partition coefficient (Wildman–Crippen LogP) is 1.78. The number of benzene rings is 1. The lowest BCUT2D eigenvalue weighted by atomic mass is 9.96. The first-order valence-electron chi connectivity index (χ1n) is 6.94. The molecule has 1 saturated carbocycles. The Morgan fingerprint density at radius 1 is 1.29 bits per heavy atom. The average Bonchev–Trinajstić information content (AvgIpc) is 2.46. The molecule has 1 aliphatic carbocycles. The number of sulfonamides is 1. The monoisotopic (exact) mass is 311 g/mol. The first-order valence-corrected chi connectivity index (χ1v) is 8.43. The van der Waals surface area contributed by atoms with Gasteiger partial charge in [0.2, 0.25) is 10.0 Å². The Morgan fingerprint density at radius 2 is 2.00 bits per heavy atom. The minimum absolute atomic E-state index is 0.0688. The van der Waals surface area contributed by atoms with E-state index < -0.39 is 15.8 Å². The fourth-order valence-corrected chi connectivity index (χ4v) is 3.72. The molecule has 1 aromatic carbocycles. The number of halogens is 1. The van der Waals surface area contributed by atoms with Crippen LogP contribution >= 0.6 is 0 Å². The Bertz CT molecular complexity index is 655. The molecule has 4 nitrogen and oxygen atoms in total. The van der Waals surface area contributed by atoms with Crippen LogP contribution in [0.25, 0.3) is 0 Å². The maximum atomic E-state index is 13.8. The molecule has 1 aliphatic rings. The number of hydrogen-bond acceptors (Lipinski definition) is 3. The van der Waals surface area contributed by atoms with Crippen LogP contribution in [0.15, 0.2) is 23.1 Å². The largest absolute Gasteiger partial charge is 0.384 e. The highest BCUT2D eigenvalue weighted by molar-refractivity contribution is 7.89. The molecule has 1 aromatic rings. The topological polar surface area (TPSA) is 66.4 Å². The lowest BCUT2D eigenvalue weighted by Gasteiger charge is -2.22. The van der Waals surface area contributed by atoms with Crippen LogP contribution in [0.3, 0.4) is 0 Å². The first-order chi connectivity index (χ1) is 10.0. The summed E-state index contributed by atoms with van der Waals surface area (Å²) in [6, 6.07) is 3.54. The molecular formula is C15H18FNO3S. The van der Waals surface area contributed by atoms with E-state index in [1.807, 2.05) is 0 Å². The number of aliphatic hydroxyl groups excluding tert-OH is 1. The molecule has 0 amide bonds. The van der Waals surface area contributed by atoms with Crippen LogP contribution < -0.4 is 4.72 Å². The zero-order chi connectivity index (χ0) is 15.3. The van der Waals surface area contributed by atoms with E-state index in [4.69, 9.17) is 5.11 Å².